The molecule has 0 N–H and O–H groups in total. The second-order valence-electron chi connectivity index (χ2n) is 29.7. The van der Waals surface area contributed by atoms with E-state index in [1.165, 1.54) is 138 Å². The number of aryl methyl sites for hydroxylation is 2. The predicted molar refractivity (Wildman–Crippen MR) is 345 cm³/mol. The Balaban J connectivity index is 1.04. The van der Waals surface area contributed by atoms with Gasteiger partial charge in [0.25, 0.3) is 6.71 Å². The van der Waals surface area contributed by atoms with Gasteiger partial charge in [-0.3, -0.25) is 0 Å². The predicted octanol–water partition coefficient (Wildman–Crippen LogP) is 18.6. The lowest BCUT2D eigenvalue weighted by molar-refractivity contribution is 0.195. The van der Waals surface area contributed by atoms with E-state index in [0.717, 1.165) is 40.5 Å². The number of nitrogens with zero attached hydrogens (tertiary/aromatic N) is 3. The molecule has 9 aromatic rings. The van der Waals surface area contributed by atoms with Crippen LogP contribution in [0.1, 0.15) is 184 Å². The molecule has 0 radical (unpaired) electrons. The van der Waals surface area contributed by atoms with Crippen molar-refractivity contribution in [3.63, 3.8) is 0 Å². The van der Waals surface area contributed by atoms with Crippen LogP contribution < -0.4 is 31.1 Å². The van der Waals surface area contributed by atoms with E-state index in [4.69, 9.17) is 4.42 Å². The number of hydrogen-bond acceptors (Lipinski definition) is 4. The van der Waals surface area contributed by atoms with Gasteiger partial charge in [-0.25, -0.2) is 0 Å². The van der Waals surface area contributed by atoms with E-state index in [1.54, 1.807) is 0 Å². The largest absolute Gasteiger partial charge is 0.456 e. The molecule has 5 heteroatoms. The van der Waals surface area contributed by atoms with Crippen LogP contribution in [0, 0.1) is 13.8 Å². The molecule has 1 fully saturated rings. The molecule has 8 aromatic carbocycles. The van der Waals surface area contributed by atoms with Crippen molar-refractivity contribution < 1.29 is 4.42 Å². The van der Waals surface area contributed by atoms with E-state index in [0.29, 0.717) is 0 Å². The molecule has 4 nitrogen and oxygen atoms in total. The molecule has 2 atom stereocenters. The molecular formula is C76H80BN3O. The average Bonchev–Trinajstić information content (AvgIpc) is 4.15. The van der Waals surface area contributed by atoms with E-state index in [1.807, 2.05) is 0 Å². The third-order valence-electron chi connectivity index (χ3n) is 22.2. The van der Waals surface area contributed by atoms with Gasteiger partial charge in [0, 0.05) is 78.6 Å². The highest BCUT2D eigenvalue weighted by Gasteiger charge is 2.58. The van der Waals surface area contributed by atoms with E-state index in [9.17, 15) is 0 Å². The zero-order valence-corrected chi connectivity index (χ0v) is 50.8. The Morgan fingerprint density at radius 3 is 1.77 bits per heavy atom. The van der Waals surface area contributed by atoms with Crippen molar-refractivity contribution in [2.45, 2.75) is 180 Å². The van der Waals surface area contributed by atoms with Gasteiger partial charge in [-0.05, 0) is 195 Å². The van der Waals surface area contributed by atoms with Gasteiger partial charge in [-0.15, -0.1) is 0 Å². The fourth-order valence-corrected chi connectivity index (χ4v) is 17.1. The number of rotatable bonds is 3. The van der Waals surface area contributed by atoms with Crippen LogP contribution in [0.4, 0.5) is 45.5 Å². The molecule has 0 saturated heterocycles. The van der Waals surface area contributed by atoms with Crippen LogP contribution in [0.25, 0.3) is 21.9 Å². The van der Waals surface area contributed by atoms with E-state index in [-0.39, 0.29) is 44.7 Å². The topological polar surface area (TPSA) is 22.9 Å². The first-order chi connectivity index (χ1) is 38.3. The number of anilines is 8. The van der Waals surface area contributed by atoms with Gasteiger partial charge in [0.05, 0.1) is 5.54 Å². The molecule has 3 aliphatic carbocycles. The van der Waals surface area contributed by atoms with Crippen LogP contribution in [-0.2, 0) is 32.5 Å². The van der Waals surface area contributed by atoms with Crippen LogP contribution in [0.5, 0.6) is 0 Å². The quantitative estimate of drug-likeness (QED) is 0.165. The molecule has 2 unspecified atom stereocenters. The molecule has 81 heavy (non-hydrogen) atoms. The Morgan fingerprint density at radius 2 is 1.05 bits per heavy atom. The number of furan rings is 1. The summed E-state index contributed by atoms with van der Waals surface area (Å²) in [5, 5.41) is 2.29. The van der Waals surface area contributed by atoms with Crippen LogP contribution in [0.2, 0.25) is 0 Å². The summed E-state index contributed by atoms with van der Waals surface area (Å²) in [5.41, 5.74) is 29.6. The summed E-state index contributed by atoms with van der Waals surface area (Å²) in [5.74, 6) is 0. The number of para-hydroxylation sites is 1. The molecule has 3 aliphatic heterocycles. The molecule has 4 heterocycles. The van der Waals surface area contributed by atoms with Crippen molar-refractivity contribution >= 4 is 90.5 Å². The highest BCUT2D eigenvalue weighted by molar-refractivity contribution is 7.00. The number of hydrogen-bond donors (Lipinski definition) is 0. The fraction of sp³-hybridized carbons (Fsp3) is 0.368. The smallest absolute Gasteiger partial charge is 0.252 e. The second-order valence-corrected chi connectivity index (χ2v) is 29.7. The highest BCUT2D eigenvalue weighted by Crippen LogP contribution is 2.62. The Morgan fingerprint density at radius 1 is 0.444 bits per heavy atom. The van der Waals surface area contributed by atoms with Gasteiger partial charge < -0.3 is 19.1 Å². The first-order valence-electron chi connectivity index (χ1n) is 30.5. The van der Waals surface area contributed by atoms with Gasteiger partial charge in [0.2, 0.25) is 0 Å². The maximum absolute atomic E-state index is 6.77. The molecular weight excluding hydrogens is 982 g/mol. The maximum Gasteiger partial charge on any atom is 0.252 e. The molecule has 0 bridgehead atoms. The van der Waals surface area contributed by atoms with Crippen LogP contribution in [0.3, 0.4) is 0 Å². The van der Waals surface area contributed by atoms with Crippen molar-refractivity contribution in [3.05, 3.63) is 195 Å². The van der Waals surface area contributed by atoms with Crippen molar-refractivity contribution in [1.82, 2.24) is 0 Å². The van der Waals surface area contributed by atoms with Crippen LogP contribution in [0.15, 0.2) is 144 Å². The second kappa shape index (κ2) is 16.4. The highest BCUT2D eigenvalue weighted by atomic mass is 16.3. The Bertz CT molecular complexity index is 4220. The van der Waals surface area contributed by atoms with Crippen LogP contribution >= 0.6 is 0 Å². The monoisotopic (exact) mass is 1060 g/mol. The first-order valence-corrected chi connectivity index (χ1v) is 30.5. The minimum absolute atomic E-state index is 0.00103. The third-order valence-corrected chi connectivity index (χ3v) is 22.2. The lowest BCUT2D eigenvalue weighted by Crippen LogP contribution is -2.62. The van der Waals surface area contributed by atoms with Gasteiger partial charge in [0.1, 0.15) is 11.2 Å². The fourth-order valence-electron chi connectivity index (χ4n) is 17.1. The number of benzene rings is 8. The summed E-state index contributed by atoms with van der Waals surface area (Å²) in [6, 6.07) is 55.5. The summed E-state index contributed by atoms with van der Waals surface area (Å²) in [4.78, 5) is 8.18. The minimum Gasteiger partial charge on any atom is -0.456 e. The van der Waals surface area contributed by atoms with E-state index in [2.05, 4.69) is 258 Å². The first kappa shape index (κ1) is 50.9. The zero-order chi connectivity index (χ0) is 56.5. The van der Waals surface area contributed by atoms with Crippen molar-refractivity contribution in [3.8, 4) is 0 Å². The summed E-state index contributed by atoms with van der Waals surface area (Å²) < 4.78 is 6.77. The third kappa shape index (κ3) is 6.78. The zero-order valence-electron chi connectivity index (χ0n) is 50.8. The summed E-state index contributed by atoms with van der Waals surface area (Å²) >= 11 is 0. The molecule has 6 aliphatic rings. The van der Waals surface area contributed by atoms with Crippen molar-refractivity contribution in [2.24, 2.45) is 0 Å². The Labute approximate surface area is 482 Å². The van der Waals surface area contributed by atoms with Gasteiger partial charge in [-0.2, -0.15) is 0 Å². The minimum atomic E-state index is -0.241. The average molecular weight is 1060 g/mol. The maximum atomic E-state index is 6.77. The van der Waals surface area contributed by atoms with Gasteiger partial charge >= 0.3 is 0 Å². The summed E-state index contributed by atoms with van der Waals surface area (Å²) in [6.45, 7) is 36.7. The Kier molecular flexibility index (Phi) is 10.3. The SMILES string of the molecule is Cc1cc2c3c(c1)N(c1cc4c(cc1C)C(C)(C)CCC4(C)C)c1cc(N4c5ccc(C(C)(C)C)cc5C5(C)CCCCC45C)ccc1B3c1cc3c(cc1N2c1ccc2c(c1)oc1ccccc12)C(C)(C)c1ccccc1C3(C)C. The molecule has 15 rings (SSSR count). The molecule has 1 aromatic heterocycles. The molecule has 1 saturated carbocycles. The lowest BCUT2D eigenvalue weighted by Gasteiger charge is -2.51. The molecule has 408 valence electrons. The van der Waals surface area contributed by atoms with E-state index >= 15 is 0 Å². The molecule has 0 spiro atoms. The van der Waals surface area contributed by atoms with Crippen LogP contribution in [-0.4, -0.2) is 12.3 Å². The van der Waals surface area contributed by atoms with E-state index < -0.39 is 0 Å². The summed E-state index contributed by atoms with van der Waals surface area (Å²) in [7, 11) is 0. The Hall–Kier alpha value is -6.98. The summed E-state index contributed by atoms with van der Waals surface area (Å²) in [6.07, 6.45) is 7.16. The number of fused-ring (bicyclic) bond motifs is 13. The van der Waals surface area contributed by atoms with Crippen molar-refractivity contribution in [2.75, 3.05) is 14.7 Å². The van der Waals surface area contributed by atoms with Gasteiger partial charge in [0.15, 0.2) is 0 Å². The normalized spacial score (nSPS) is 22.1. The standard InChI is InChI=1S/C76H80BN3O/c1-45-36-65-69-66(37-45)79(62-43-55-54(38-46(62)2)71(6,7)34-35-72(55,8)9)63-40-49(80-61-31-26-47(70(3,4)5)39-58(61)75(14)32-20-21-33-76(75,80)15)28-30-59(63)77(69)60-42-56-57(74(12,13)53-24-18-17-23-52(53)73(56,10)11)44-64(60)78(65)48-27-29-51-50-22-16-19-25-67(50)81-68(51)41-48/h16-19,22-31,36-44H,20-21,32-35H2,1-15H3. The van der Waals surface area contributed by atoms with Crippen molar-refractivity contribution in [1.29, 1.82) is 0 Å². The lowest BCUT2D eigenvalue weighted by atomic mass is 9.33. The molecule has 0 amide bonds. The van der Waals surface area contributed by atoms with Gasteiger partial charge in [-0.1, -0.05) is 169 Å².